The Bertz CT molecular complexity index is 153. The third-order valence-electron chi connectivity index (χ3n) is 0.651. The van der Waals surface area contributed by atoms with E-state index in [1.165, 1.54) is 0 Å². The zero-order valence-corrected chi connectivity index (χ0v) is 7.08. The molecule has 0 aliphatic carbocycles. The number of ether oxygens (including phenoxy) is 1. The van der Waals surface area contributed by atoms with Crippen molar-refractivity contribution in [3.63, 3.8) is 0 Å². The fourth-order valence-electron chi connectivity index (χ4n) is 0.254. The number of hydrogen-bond donors (Lipinski definition) is 2. The average molecular weight is 174 g/mol. The molecule has 0 aromatic heterocycles. The number of primary amides is 2. The highest BCUT2D eigenvalue weighted by molar-refractivity contribution is 5.69. The standard InChI is InChI=1S/C6H10O2.CH4N2O/c1-3-5-8-6(7)4-2;2-1(3)4/h3H,1,4-5H2,2H3;(H4,2,3,4). The Morgan fingerprint density at radius 2 is 1.92 bits per heavy atom. The Labute approximate surface area is 71.4 Å². The van der Waals surface area contributed by atoms with Crippen molar-refractivity contribution in [1.82, 2.24) is 0 Å². The van der Waals surface area contributed by atoms with Gasteiger partial charge in [0.05, 0.1) is 0 Å². The molecule has 0 aromatic carbocycles. The Balaban J connectivity index is 0. The molecular formula is C7H14N2O3. The fourth-order valence-corrected chi connectivity index (χ4v) is 0.254. The summed E-state index contributed by atoms with van der Waals surface area (Å²) >= 11 is 0. The lowest BCUT2D eigenvalue weighted by atomic mass is 10.5. The highest BCUT2D eigenvalue weighted by Gasteiger charge is 1.92. The van der Waals surface area contributed by atoms with E-state index in [1.54, 1.807) is 13.0 Å². The number of nitrogens with two attached hydrogens (primary N) is 2. The van der Waals surface area contributed by atoms with Gasteiger partial charge < -0.3 is 16.2 Å². The number of hydrogen-bond acceptors (Lipinski definition) is 3. The maximum Gasteiger partial charge on any atom is 0.309 e. The van der Waals surface area contributed by atoms with Gasteiger partial charge in [0.2, 0.25) is 0 Å². The molecule has 0 spiro atoms. The van der Waals surface area contributed by atoms with Crippen LogP contribution in [-0.4, -0.2) is 18.6 Å². The van der Waals surface area contributed by atoms with Gasteiger partial charge in [0.1, 0.15) is 6.61 Å². The highest BCUT2D eigenvalue weighted by Crippen LogP contribution is 1.82. The van der Waals surface area contributed by atoms with Crippen LogP contribution in [0.15, 0.2) is 12.7 Å². The quantitative estimate of drug-likeness (QED) is 0.471. The molecule has 4 N–H and O–H groups in total. The van der Waals surface area contributed by atoms with Crippen LogP contribution in [0, 0.1) is 0 Å². The Morgan fingerprint density at radius 1 is 1.50 bits per heavy atom. The van der Waals surface area contributed by atoms with Gasteiger partial charge in [-0.05, 0) is 0 Å². The molecule has 2 amide bonds. The molecule has 0 unspecified atom stereocenters. The molecule has 0 saturated heterocycles. The first-order chi connectivity index (χ1) is 5.54. The van der Waals surface area contributed by atoms with Gasteiger partial charge in [-0.2, -0.15) is 0 Å². The molecule has 70 valence electrons. The minimum absolute atomic E-state index is 0.176. The summed E-state index contributed by atoms with van der Waals surface area (Å²) in [4.78, 5) is 19.3. The summed E-state index contributed by atoms with van der Waals surface area (Å²) in [6.07, 6.45) is 1.99. The van der Waals surface area contributed by atoms with Gasteiger partial charge in [-0.25, -0.2) is 4.79 Å². The lowest BCUT2D eigenvalue weighted by Gasteiger charge is -1.94. The number of carbonyl (C=O) groups is 2. The predicted octanol–water partition coefficient (Wildman–Crippen LogP) is 0.149. The number of urea groups is 1. The number of amides is 2. The lowest BCUT2D eigenvalue weighted by molar-refractivity contribution is -0.141. The molecule has 5 heteroatoms. The second kappa shape index (κ2) is 9.48. The number of carbonyl (C=O) groups excluding carboxylic acids is 2. The van der Waals surface area contributed by atoms with Crippen molar-refractivity contribution >= 4 is 12.0 Å². The van der Waals surface area contributed by atoms with Gasteiger partial charge in [0.25, 0.3) is 0 Å². The van der Waals surface area contributed by atoms with Gasteiger partial charge in [-0.3, -0.25) is 4.79 Å². The van der Waals surface area contributed by atoms with Crippen molar-refractivity contribution in [2.75, 3.05) is 6.61 Å². The van der Waals surface area contributed by atoms with Crippen molar-refractivity contribution in [2.24, 2.45) is 11.5 Å². The van der Waals surface area contributed by atoms with Crippen LogP contribution in [0.25, 0.3) is 0 Å². The van der Waals surface area contributed by atoms with E-state index < -0.39 is 6.03 Å². The van der Waals surface area contributed by atoms with E-state index in [-0.39, 0.29) is 5.97 Å². The SMILES string of the molecule is C=CCOC(=O)CC.NC(N)=O. The molecule has 0 fully saturated rings. The molecule has 0 radical (unpaired) electrons. The topological polar surface area (TPSA) is 95.4 Å². The molecule has 0 heterocycles. The van der Waals surface area contributed by atoms with Crippen LogP contribution >= 0.6 is 0 Å². The maximum atomic E-state index is 10.3. The molecule has 0 aromatic rings. The van der Waals surface area contributed by atoms with Crippen LogP contribution in [-0.2, 0) is 9.53 Å². The van der Waals surface area contributed by atoms with Gasteiger partial charge in [0.15, 0.2) is 0 Å². The van der Waals surface area contributed by atoms with Gasteiger partial charge >= 0.3 is 12.0 Å². The van der Waals surface area contributed by atoms with Crippen LogP contribution in [0.2, 0.25) is 0 Å². The molecule has 0 saturated carbocycles. The second-order valence-electron chi connectivity index (χ2n) is 1.73. The average Bonchev–Trinajstić information content (AvgIpc) is 1.99. The van der Waals surface area contributed by atoms with E-state index in [4.69, 9.17) is 4.79 Å². The minimum Gasteiger partial charge on any atom is -0.461 e. The molecule has 0 rings (SSSR count). The molecule has 5 nitrogen and oxygen atoms in total. The number of rotatable bonds is 3. The third-order valence-corrected chi connectivity index (χ3v) is 0.651. The van der Waals surface area contributed by atoms with E-state index >= 15 is 0 Å². The summed E-state index contributed by atoms with van der Waals surface area (Å²) in [5.41, 5.74) is 8.50. The van der Waals surface area contributed by atoms with E-state index in [2.05, 4.69) is 22.8 Å². The Kier molecular flexibility index (Phi) is 10.3. The summed E-state index contributed by atoms with van der Waals surface area (Å²) in [6.45, 7) is 5.47. The molecular weight excluding hydrogens is 160 g/mol. The van der Waals surface area contributed by atoms with Crippen molar-refractivity contribution < 1.29 is 14.3 Å². The fraction of sp³-hybridized carbons (Fsp3) is 0.429. The largest absolute Gasteiger partial charge is 0.461 e. The zero-order valence-electron chi connectivity index (χ0n) is 7.08. The molecule has 0 atom stereocenters. The molecule has 0 aliphatic rings. The predicted molar refractivity (Wildman–Crippen MR) is 45.2 cm³/mol. The zero-order chi connectivity index (χ0) is 9.98. The van der Waals surface area contributed by atoms with Crippen LogP contribution in [0.4, 0.5) is 4.79 Å². The normalized spacial score (nSPS) is 7.42. The first kappa shape index (κ1) is 13.1. The first-order valence-electron chi connectivity index (χ1n) is 3.36. The van der Waals surface area contributed by atoms with Crippen molar-refractivity contribution in [3.8, 4) is 0 Å². The van der Waals surface area contributed by atoms with E-state index in [1.807, 2.05) is 0 Å². The summed E-state index contributed by atoms with van der Waals surface area (Å²) in [5.74, 6) is -0.176. The van der Waals surface area contributed by atoms with E-state index in [9.17, 15) is 4.79 Å². The van der Waals surface area contributed by atoms with Crippen molar-refractivity contribution in [2.45, 2.75) is 13.3 Å². The monoisotopic (exact) mass is 174 g/mol. The lowest BCUT2D eigenvalue weighted by Crippen LogP contribution is -2.18. The van der Waals surface area contributed by atoms with Crippen LogP contribution < -0.4 is 11.5 Å². The summed E-state index contributed by atoms with van der Waals surface area (Å²) in [6, 6.07) is -0.833. The Morgan fingerprint density at radius 3 is 2.17 bits per heavy atom. The summed E-state index contributed by atoms with van der Waals surface area (Å²) in [5, 5.41) is 0. The van der Waals surface area contributed by atoms with E-state index in [0.29, 0.717) is 13.0 Å². The minimum atomic E-state index is -0.833. The van der Waals surface area contributed by atoms with Crippen LogP contribution in [0.3, 0.4) is 0 Å². The van der Waals surface area contributed by atoms with Gasteiger partial charge in [-0.1, -0.05) is 19.6 Å². The molecule has 12 heavy (non-hydrogen) atoms. The van der Waals surface area contributed by atoms with E-state index in [0.717, 1.165) is 0 Å². The second-order valence-corrected chi connectivity index (χ2v) is 1.73. The summed E-state index contributed by atoms with van der Waals surface area (Å²) in [7, 11) is 0. The van der Waals surface area contributed by atoms with Gasteiger partial charge in [-0.15, -0.1) is 0 Å². The highest BCUT2D eigenvalue weighted by atomic mass is 16.5. The van der Waals surface area contributed by atoms with Crippen LogP contribution in [0.5, 0.6) is 0 Å². The Hall–Kier alpha value is -1.52. The van der Waals surface area contributed by atoms with Crippen LogP contribution in [0.1, 0.15) is 13.3 Å². The van der Waals surface area contributed by atoms with Gasteiger partial charge in [0, 0.05) is 6.42 Å². The maximum absolute atomic E-state index is 10.3. The van der Waals surface area contributed by atoms with Crippen molar-refractivity contribution in [3.05, 3.63) is 12.7 Å². The van der Waals surface area contributed by atoms with Crippen molar-refractivity contribution in [1.29, 1.82) is 0 Å². The molecule has 0 bridgehead atoms. The smallest absolute Gasteiger partial charge is 0.309 e. The first-order valence-corrected chi connectivity index (χ1v) is 3.36. The molecule has 0 aliphatic heterocycles. The number of esters is 1. The summed E-state index contributed by atoms with van der Waals surface area (Å²) < 4.78 is 4.58. The third kappa shape index (κ3) is 23.6.